The molecule has 1 aliphatic rings. The third-order valence-corrected chi connectivity index (χ3v) is 3.68. The molecule has 1 aliphatic heterocycles. The summed E-state index contributed by atoms with van der Waals surface area (Å²) in [5.74, 6) is -0.712. The van der Waals surface area contributed by atoms with Gasteiger partial charge in [-0.1, -0.05) is 13.3 Å². The van der Waals surface area contributed by atoms with E-state index in [1.165, 1.54) is 0 Å². The third kappa shape index (κ3) is 3.42. The Kier molecular flexibility index (Phi) is 5.40. The van der Waals surface area contributed by atoms with E-state index in [9.17, 15) is 9.90 Å². The van der Waals surface area contributed by atoms with Crippen LogP contribution >= 0.6 is 0 Å². The summed E-state index contributed by atoms with van der Waals surface area (Å²) >= 11 is 0. The van der Waals surface area contributed by atoms with Gasteiger partial charge in [0, 0.05) is 13.2 Å². The number of hydrogen-bond donors (Lipinski definition) is 1. The lowest BCUT2D eigenvalue weighted by Gasteiger charge is -2.42. The number of hydrogen-bond acceptors (Lipinski definition) is 3. The van der Waals surface area contributed by atoms with Gasteiger partial charge in [0.15, 0.2) is 0 Å². The van der Waals surface area contributed by atoms with Crippen molar-refractivity contribution >= 4 is 5.97 Å². The SMILES string of the molecule is CCCC(C)(C(=O)O)N1CCCC(OCC)C1. The van der Waals surface area contributed by atoms with Crippen molar-refractivity contribution in [2.24, 2.45) is 0 Å². The molecular weight excluding hydrogens is 218 g/mol. The van der Waals surface area contributed by atoms with Gasteiger partial charge in [-0.15, -0.1) is 0 Å². The van der Waals surface area contributed by atoms with Gasteiger partial charge in [-0.25, -0.2) is 0 Å². The molecular formula is C13H25NO3. The molecule has 100 valence electrons. The highest BCUT2D eigenvalue weighted by Crippen LogP contribution is 2.26. The van der Waals surface area contributed by atoms with Crippen molar-refractivity contribution in [1.29, 1.82) is 0 Å². The molecule has 0 aliphatic carbocycles. The van der Waals surface area contributed by atoms with Crippen LogP contribution in [0.4, 0.5) is 0 Å². The minimum Gasteiger partial charge on any atom is -0.480 e. The van der Waals surface area contributed by atoms with E-state index in [1.54, 1.807) is 0 Å². The van der Waals surface area contributed by atoms with Crippen molar-refractivity contribution in [1.82, 2.24) is 4.90 Å². The lowest BCUT2D eigenvalue weighted by molar-refractivity contribution is -0.154. The second kappa shape index (κ2) is 6.36. The number of carbonyl (C=O) groups is 1. The first kappa shape index (κ1) is 14.5. The Hall–Kier alpha value is -0.610. The number of carboxylic acids is 1. The lowest BCUT2D eigenvalue weighted by Crippen LogP contribution is -2.57. The second-order valence-corrected chi connectivity index (χ2v) is 4.99. The average molecular weight is 243 g/mol. The fourth-order valence-electron chi connectivity index (χ4n) is 2.65. The maximum Gasteiger partial charge on any atom is 0.323 e. The van der Waals surface area contributed by atoms with Crippen LogP contribution in [0.15, 0.2) is 0 Å². The number of carboxylic acid groups (broad SMARTS) is 1. The molecule has 1 fully saturated rings. The predicted octanol–water partition coefficient (Wildman–Crippen LogP) is 2.13. The number of piperidine rings is 1. The lowest BCUT2D eigenvalue weighted by atomic mass is 9.91. The van der Waals surface area contributed by atoms with E-state index >= 15 is 0 Å². The summed E-state index contributed by atoms with van der Waals surface area (Å²) in [5.41, 5.74) is -0.732. The number of nitrogens with zero attached hydrogens (tertiary/aromatic N) is 1. The maximum atomic E-state index is 11.5. The second-order valence-electron chi connectivity index (χ2n) is 4.99. The molecule has 1 saturated heterocycles. The van der Waals surface area contributed by atoms with Crippen molar-refractivity contribution in [3.63, 3.8) is 0 Å². The largest absolute Gasteiger partial charge is 0.480 e. The molecule has 4 nitrogen and oxygen atoms in total. The van der Waals surface area contributed by atoms with Gasteiger partial charge >= 0.3 is 5.97 Å². The fourth-order valence-corrected chi connectivity index (χ4v) is 2.65. The van der Waals surface area contributed by atoms with Crippen molar-refractivity contribution in [3.05, 3.63) is 0 Å². The highest BCUT2D eigenvalue weighted by atomic mass is 16.5. The Bertz CT molecular complexity index is 255. The first-order valence-electron chi connectivity index (χ1n) is 6.64. The minimum atomic E-state index is -0.732. The summed E-state index contributed by atoms with van der Waals surface area (Å²) in [4.78, 5) is 13.6. The van der Waals surface area contributed by atoms with Crippen LogP contribution in [0.1, 0.15) is 46.5 Å². The van der Waals surface area contributed by atoms with Crippen LogP contribution < -0.4 is 0 Å². The summed E-state index contributed by atoms with van der Waals surface area (Å²) in [7, 11) is 0. The summed E-state index contributed by atoms with van der Waals surface area (Å²) in [6.07, 6.45) is 3.85. The molecule has 17 heavy (non-hydrogen) atoms. The summed E-state index contributed by atoms with van der Waals surface area (Å²) < 4.78 is 5.63. The fraction of sp³-hybridized carbons (Fsp3) is 0.923. The van der Waals surface area contributed by atoms with Gasteiger partial charge in [0.05, 0.1) is 6.10 Å². The molecule has 0 spiro atoms. The van der Waals surface area contributed by atoms with Crippen LogP contribution in [0.2, 0.25) is 0 Å². The highest BCUT2D eigenvalue weighted by molar-refractivity contribution is 5.78. The zero-order valence-electron chi connectivity index (χ0n) is 11.2. The summed E-state index contributed by atoms with van der Waals surface area (Å²) in [6, 6.07) is 0. The first-order chi connectivity index (χ1) is 8.04. The molecule has 2 unspecified atom stereocenters. The van der Waals surface area contributed by atoms with Gasteiger partial charge in [-0.05, 0) is 39.7 Å². The van der Waals surface area contributed by atoms with Gasteiger partial charge in [0.25, 0.3) is 0 Å². The van der Waals surface area contributed by atoms with E-state index in [2.05, 4.69) is 4.90 Å². The Labute approximate surface area is 104 Å². The molecule has 1 N–H and O–H groups in total. The van der Waals surface area contributed by atoms with E-state index in [0.29, 0.717) is 13.0 Å². The highest BCUT2D eigenvalue weighted by Gasteiger charge is 2.40. The zero-order chi connectivity index (χ0) is 12.9. The molecule has 1 heterocycles. The number of ether oxygens (including phenoxy) is 1. The molecule has 0 radical (unpaired) electrons. The molecule has 2 atom stereocenters. The number of rotatable bonds is 6. The molecule has 0 amide bonds. The molecule has 1 rings (SSSR count). The molecule has 0 bridgehead atoms. The van der Waals surface area contributed by atoms with Crippen molar-refractivity contribution in [3.8, 4) is 0 Å². The minimum absolute atomic E-state index is 0.198. The van der Waals surface area contributed by atoms with E-state index in [0.717, 1.165) is 32.4 Å². The Morgan fingerprint density at radius 2 is 2.24 bits per heavy atom. The van der Waals surface area contributed by atoms with Crippen LogP contribution in [0.25, 0.3) is 0 Å². The first-order valence-corrected chi connectivity index (χ1v) is 6.64. The predicted molar refractivity (Wildman–Crippen MR) is 67.2 cm³/mol. The Morgan fingerprint density at radius 3 is 2.76 bits per heavy atom. The summed E-state index contributed by atoms with van der Waals surface area (Å²) in [5, 5.41) is 9.45. The third-order valence-electron chi connectivity index (χ3n) is 3.68. The van der Waals surface area contributed by atoms with Crippen LogP contribution in [-0.2, 0) is 9.53 Å². The normalized spacial score (nSPS) is 25.5. The smallest absolute Gasteiger partial charge is 0.323 e. The van der Waals surface area contributed by atoms with E-state index in [1.807, 2.05) is 20.8 Å². The zero-order valence-corrected chi connectivity index (χ0v) is 11.2. The quantitative estimate of drug-likeness (QED) is 0.776. The van der Waals surface area contributed by atoms with Crippen molar-refractivity contribution in [2.75, 3.05) is 19.7 Å². The summed E-state index contributed by atoms with van der Waals surface area (Å²) in [6.45, 7) is 8.18. The average Bonchev–Trinajstić information content (AvgIpc) is 2.30. The van der Waals surface area contributed by atoms with Crippen LogP contribution in [0.5, 0.6) is 0 Å². The van der Waals surface area contributed by atoms with E-state index in [4.69, 9.17) is 4.74 Å². The van der Waals surface area contributed by atoms with E-state index < -0.39 is 11.5 Å². The van der Waals surface area contributed by atoms with Crippen LogP contribution in [-0.4, -0.2) is 47.3 Å². The van der Waals surface area contributed by atoms with Crippen LogP contribution in [0.3, 0.4) is 0 Å². The van der Waals surface area contributed by atoms with Gasteiger partial charge < -0.3 is 9.84 Å². The van der Waals surface area contributed by atoms with E-state index in [-0.39, 0.29) is 6.10 Å². The molecule has 0 aromatic heterocycles. The number of aliphatic carboxylic acids is 1. The topological polar surface area (TPSA) is 49.8 Å². The van der Waals surface area contributed by atoms with Gasteiger partial charge in [0.2, 0.25) is 0 Å². The number of likely N-dealkylation sites (tertiary alicyclic amines) is 1. The van der Waals surface area contributed by atoms with Gasteiger partial charge in [-0.3, -0.25) is 9.69 Å². The Morgan fingerprint density at radius 1 is 1.53 bits per heavy atom. The molecule has 0 aromatic carbocycles. The van der Waals surface area contributed by atoms with Crippen molar-refractivity contribution < 1.29 is 14.6 Å². The van der Waals surface area contributed by atoms with Crippen LogP contribution in [0, 0.1) is 0 Å². The molecule has 4 heteroatoms. The molecule has 0 aromatic rings. The monoisotopic (exact) mass is 243 g/mol. The maximum absolute atomic E-state index is 11.5. The Balaban J connectivity index is 2.70. The molecule has 0 saturated carbocycles. The van der Waals surface area contributed by atoms with Gasteiger partial charge in [0.1, 0.15) is 5.54 Å². The standard InChI is InChI=1S/C13H25NO3/c1-4-8-13(3,12(15)16)14-9-6-7-11(10-14)17-5-2/h11H,4-10H2,1-3H3,(H,15,16). The van der Waals surface area contributed by atoms with Crippen molar-refractivity contribution in [2.45, 2.75) is 58.1 Å². The van der Waals surface area contributed by atoms with Gasteiger partial charge in [-0.2, -0.15) is 0 Å².